The maximum atomic E-state index is 11.6. The zero-order valence-electron chi connectivity index (χ0n) is 17.4. The van der Waals surface area contributed by atoms with Crippen LogP contribution in [-0.4, -0.2) is 34.5 Å². The smallest absolute Gasteiger partial charge is 0.0685 e. The minimum Gasteiger partial charge on any atom is -0.393 e. The first-order valence-corrected chi connectivity index (χ1v) is 12.1. The fourth-order valence-electron chi connectivity index (χ4n) is 8.75. The van der Waals surface area contributed by atoms with Crippen molar-refractivity contribution in [2.75, 3.05) is 6.54 Å². The summed E-state index contributed by atoms with van der Waals surface area (Å²) in [5, 5.41) is 26.9. The Hall–Kier alpha value is -0.120. The first kappa shape index (κ1) is 18.9. The van der Waals surface area contributed by atoms with Gasteiger partial charge < -0.3 is 15.5 Å². The molecule has 0 saturated heterocycles. The normalized spacial score (nSPS) is 53.0. The van der Waals surface area contributed by atoms with Crippen molar-refractivity contribution in [1.29, 1.82) is 0 Å². The van der Waals surface area contributed by atoms with Gasteiger partial charge in [-0.25, -0.2) is 0 Å². The van der Waals surface area contributed by atoms with Crippen LogP contribution in [-0.2, 0) is 0 Å². The van der Waals surface area contributed by atoms with Gasteiger partial charge in [-0.15, -0.1) is 0 Å². The minimum atomic E-state index is -0.496. The molecule has 0 unspecified atom stereocenters. The van der Waals surface area contributed by atoms with Crippen LogP contribution in [0.3, 0.4) is 0 Å². The lowest BCUT2D eigenvalue weighted by molar-refractivity contribution is -0.204. The van der Waals surface area contributed by atoms with Gasteiger partial charge in [0, 0.05) is 6.04 Å². The van der Waals surface area contributed by atoms with Crippen molar-refractivity contribution >= 4 is 0 Å². The van der Waals surface area contributed by atoms with Crippen LogP contribution in [0.4, 0.5) is 0 Å². The molecule has 5 aliphatic carbocycles. The second-order valence-electron chi connectivity index (χ2n) is 11.6. The molecule has 0 aromatic rings. The summed E-state index contributed by atoms with van der Waals surface area (Å²) in [6.45, 7) is 3.48. The summed E-state index contributed by atoms with van der Waals surface area (Å²) in [7, 11) is 0. The summed E-state index contributed by atoms with van der Waals surface area (Å²) in [4.78, 5) is 0. The molecule has 5 fully saturated rings. The van der Waals surface area contributed by atoms with Crippen molar-refractivity contribution in [3.05, 3.63) is 0 Å². The quantitative estimate of drug-likeness (QED) is 0.685. The Morgan fingerprint density at radius 2 is 1.74 bits per heavy atom. The third kappa shape index (κ3) is 3.02. The van der Waals surface area contributed by atoms with Crippen LogP contribution in [0.5, 0.6) is 0 Å². The van der Waals surface area contributed by atoms with Gasteiger partial charge >= 0.3 is 0 Å². The van der Waals surface area contributed by atoms with Crippen LogP contribution < -0.4 is 5.32 Å². The summed E-state index contributed by atoms with van der Waals surface area (Å²) in [5.74, 6) is 1.41. The largest absolute Gasteiger partial charge is 0.393 e. The zero-order chi connectivity index (χ0) is 18.7. The van der Waals surface area contributed by atoms with E-state index >= 15 is 0 Å². The van der Waals surface area contributed by atoms with Gasteiger partial charge in [0.2, 0.25) is 0 Å². The van der Waals surface area contributed by atoms with E-state index in [1.807, 2.05) is 0 Å². The SMILES string of the molecule is C[C@@]12CCC[C@@](O)(C1)[C@@H]1C[C@@]3(CCC[C@H]3CNC3CCCCC3)[C@@H]1[C@H](O)C2. The highest BCUT2D eigenvalue weighted by molar-refractivity contribution is 5.18. The molecule has 1 spiro atoms. The molecule has 5 rings (SSSR count). The Kier molecular flexibility index (Phi) is 4.69. The van der Waals surface area contributed by atoms with Crippen molar-refractivity contribution < 1.29 is 10.2 Å². The maximum Gasteiger partial charge on any atom is 0.0685 e. The molecule has 0 aromatic carbocycles. The van der Waals surface area contributed by atoms with Gasteiger partial charge in [0.15, 0.2) is 0 Å². The van der Waals surface area contributed by atoms with Crippen molar-refractivity contribution in [2.45, 2.75) is 115 Å². The van der Waals surface area contributed by atoms with Gasteiger partial charge in [-0.1, -0.05) is 39.0 Å². The molecule has 5 aliphatic rings. The molecular weight excluding hydrogens is 334 g/mol. The highest BCUT2D eigenvalue weighted by Crippen LogP contribution is 2.70. The zero-order valence-corrected chi connectivity index (χ0v) is 17.4. The van der Waals surface area contributed by atoms with E-state index in [0.717, 1.165) is 38.3 Å². The highest BCUT2D eigenvalue weighted by atomic mass is 16.3. The van der Waals surface area contributed by atoms with Crippen molar-refractivity contribution in [1.82, 2.24) is 5.32 Å². The maximum absolute atomic E-state index is 11.6. The fraction of sp³-hybridized carbons (Fsp3) is 1.00. The average molecular weight is 376 g/mol. The van der Waals surface area contributed by atoms with Crippen molar-refractivity contribution in [3.8, 4) is 0 Å². The predicted molar refractivity (Wildman–Crippen MR) is 108 cm³/mol. The summed E-state index contributed by atoms with van der Waals surface area (Å²) >= 11 is 0. The van der Waals surface area contributed by atoms with Crippen LogP contribution in [0.25, 0.3) is 0 Å². The summed E-state index contributed by atoms with van der Waals surface area (Å²) in [5.41, 5.74) is -0.0287. The van der Waals surface area contributed by atoms with Crippen LogP contribution in [0.1, 0.15) is 96.8 Å². The predicted octanol–water partition coefficient (Wildman–Crippen LogP) is 4.41. The molecule has 154 valence electrons. The third-order valence-corrected chi connectivity index (χ3v) is 9.89. The number of hydrogen-bond donors (Lipinski definition) is 3. The van der Waals surface area contributed by atoms with Gasteiger partial charge in [0.05, 0.1) is 11.7 Å². The van der Waals surface area contributed by atoms with Crippen LogP contribution in [0, 0.1) is 28.6 Å². The van der Waals surface area contributed by atoms with Gasteiger partial charge in [-0.3, -0.25) is 0 Å². The molecule has 3 nitrogen and oxygen atoms in total. The Bertz CT molecular complexity index is 561. The second-order valence-corrected chi connectivity index (χ2v) is 11.6. The Morgan fingerprint density at radius 3 is 2.56 bits per heavy atom. The number of hydrogen-bond acceptors (Lipinski definition) is 3. The van der Waals surface area contributed by atoms with Gasteiger partial charge in [-0.2, -0.15) is 0 Å². The van der Waals surface area contributed by atoms with Crippen LogP contribution >= 0.6 is 0 Å². The number of aliphatic hydroxyl groups is 2. The van der Waals surface area contributed by atoms with E-state index in [1.54, 1.807) is 0 Å². The van der Waals surface area contributed by atoms with E-state index in [-0.39, 0.29) is 11.5 Å². The van der Waals surface area contributed by atoms with E-state index in [9.17, 15) is 10.2 Å². The lowest BCUT2D eigenvalue weighted by Gasteiger charge is -2.62. The standard InChI is InChI=1S/C24H41NO2/c1-22-10-6-12-24(27,16-22)19-13-23(21(19)20(26)14-22)11-5-7-17(23)15-25-18-8-3-2-4-9-18/h17-21,25-27H,2-16H2,1H3/t17-,19+,20+,21-,22-,23+,24+/m0/s1. The Morgan fingerprint density at radius 1 is 0.926 bits per heavy atom. The molecule has 0 radical (unpaired) electrons. The molecule has 5 saturated carbocycles. The van der Waals surface area contributed by atoms with Crippen LogP contribution in [0.15, 0.2) is 0 Å². The van der Waals surface area contributed by atoms with Crippen LogP contribution in [0.2, 0.25) is 0 Å². The molecule has 7 atom stereocenters. The molecule has 0 heterocycles. The molecule has 3 heteroatoms. The minimum absolute atomic E-state index is 0.152. The monoisotopic (exact) mass is 375 g/mol. The van der Waals surface area contributed by atoms with E-state index < -0.39 is 5.60 Å². The third-order valence-electron chi connectivity index (χ3n) is 9.89. The van der Waals surface area contributed by atoms with Gasteiger partial charge in [0.1, 0.15) is 0 Å². The first-order valence-electron chi connectivity index (χ1n) is 12.1. The molecule has 0 aromatic heterocycles. The highest BCUT2D eigenvalue weighted by Gasteiger charge is 2.68. The summed E-state index contributed by atoms with van der Waals surface area (Å²) in [6, 6.07) is 0.730. The first-order chi connectivity index (χ1) is 12.9. The fourth-order valence-corrected chi connectivity index (χ4v) is 8.75. The summed E-state index contributed by atoms with van der Waals surface area (Å²) in [6.07, 6.45) is 17.0. The van der Waals surface area contributed by atoms with Gasteiger partial charge in [-0.05, 0) is 92.9 Å². The topological polar surface area (TPSA) is 52.5 Å². The number of nitrogens with one attached hydrogen (secondary N) is 1. The van der Waals surface area contributed by atoms with E-state index in [1.165, 1.54) is 64.2 Å². The molecule has 0 aliphatic heterocycles. The van der Waals surface area contributed by atoms with Crippen molar-refractivity contribution in [3.63, 3.8) is 0 Å². The summed E-state index contributed by atoms with van der Waals surface area (Å²) < 4.78 is 0. The van der Waals surface area contributed by atoms with Gasteiger partial charge in [0.25, 0.3) is 0 Å². The Balaban J connectivity index is 1.34. The lowest BCUT2D eigenvalue weighted by atomic mass is 9.44. The number of fused-ring (bicyclic) bond motifs is 5. The molecular formula is C24H41NO2. The van der Waals surface area contributed by atoms with E-state index in [0.29, 0.717) is 23.2 Å². The second kappa shape index (κ2) is 6.71. The molecule has 0 amide bonds. The number of rotatable bonds is 3. The average Bonchev–Trinajstić information content (AvgIpc) is 3.01. The lowest BCUT2D eigenvalue weighted by Crippen LogP contribution is -2.63. The Labute approximate surface area is 165 Å². The van der Waals surface area contributed by atoms with E-state index in [4.69, 9.17) is 0 Å². The van der Waals surface area contributed by atoms with E-state index in [2.05, 4.69) is 12.2 Å². The molecule has 27 heavy (non-hydrogen) atoms. The van der Waals surface area contributed by atoms with Crippen molar-refractivity contribution in [2.24, 2.45) is 28.6 Å². The molecule has 3 N–H and O–H groups in total. The molecule has 2 bridgehead atoms. The number of aliphatic hydroxyl groups excluding tert-OH is 1.